The standard InChI is InChI=1S/C23H16Cl2N2O3/c24-17-9-6-15(7-10-17)14-30-21-11-8-16(13-20(21)25)12-19-22(28)26-27(23(19)29)18-4-2-1-3-5-18/h1-13H,14H2,(H,26,28)/b19-12-. The fourth-order valence-corrected chi connectivity index (χ4v) is 3.32. The average Bonchev–Trinajstić information content (AvgIpc) is 3.03. The lowest BCUT2D eigenvalue weighted by Gasteiger charge is -2.13. The van der Waals surface area contributed by atoms with Gasteiger partial charge in [0.1, 0.15) is 17.9 Å². The van der Waals surface area contributed by atoms with Crippen molar-refractivity contribution in [1.82, 2.24) is 5.43 Å². The Balaban J connectivity index is 1.50. The van der Waals surface area contributed by atoms with Gasteiger partial charge in [-0.1, -0.05) is 59.6 Å². The van der Waals surface area contributed by atoms with Gasteiger partial charge in [0.15, 0.2) is 0 Å². The van der Waals surface area contributed by atoms with E-state index in [-0.39, 0.29) is 5.57 Å². The monoisotopic (exact) mass is 438 g/mol. The smallest absolute Gasteiger partial charge is 0.282 e. The Labute approximate surface area is 183 Å². The first-order valence-electron chi connectivity index (χ1n) is 9.10. The SMILES string of the molecule is O=C1NN(c2ccccc2)C(=O)/C1=C\c1ccc(OCc2ccc(Cl)cc2)c(Cl)c1. The number of para-hydroxylation sites is 1. The summed E-state index contributed by atoms with van der Waals surface area (Å²) in [4.78, 5) is 25.0. The van der Waals surface area contributed by atoms with E-state index in [1.807, 2.05) is 18.2 Å². The molecule has 0 spiro atoms. The summed E-state index contributed by atoms with van der Waals surface area (Å²) in [5.74, 6) is -0.393. The van der Waals surface area contributed by atoms with Crippen LogP contribution in [0, 0.1) is 0 Å². The van der Waals surface area contributed by atoms with E-state index in [0.717, 1.165) is 5.56 Å². The molecular formula is C23H16Cl2N2O3. The van der Waals surface area contributed by atoms with E-state index >= 15 is 0 Å². The average molecular weight is 439 g/mol. The van der Waals surface area contributed by atoms with Crippen LogP contribution in [-0.4, -0.2) is 11.8 Å². The van der Waals surface area contributed by atoms with Gasteiger partial charge in [0.05, 0.1) is 10.7 Å². The number of carbonyl (C=O) groups is 2. The number of nitrogens with zero attached hydrogens (tertiary/aromatic N) is 1. The molecule has 0 atom stereocenters. The van der Waals surface area contributed by atoms with Crippen LogP contribution >= 0.6 is 23.2 Å². The van der Waals surface area contributed by atoms with E-state index in [0.29, 0.717) is 33.7 Å². The van der Waals surface area contributed by atoms with Crippen LogP contribution in [0.25, 0.3) is 6.08 Å². The highest BCUT2D eigenvalue weighted by Crippen LogP contribution is 2.28. The molecule has 2 amide bonds. The second-order valence-corrected chi connectivity index (χ2v) is 7.42. The first-order valence-corrected chi connectivity index (χ1v) is 9.86. The zero-order valence-corrected chi connectivity index (χ0v) is 17.2. The van der Waals surface area contributed by atoms with Gasteiger partial charge in [-0.25, -0.2) is 5.01 Å². The fourth-order valence-electron chi connectivity index (χ4n) is 2.95. The molecule has 1 fully saturated rings. The van der Waals surface area contributed by atoms with Crippen molar-refractivity contribution in [3.8, 4) is 5.75 Å². The molecule has 150 valence electrons. The van der Waals surface area contributed by atoms with Crippen LogP contribution in [0.1, 0.15) is 11.1 Å². The third-order valence-corrected chi connectivity index (χ3v) is 5.03. The number of hydrazine groups is 1. The third-order valence-electron chi connectivity index (χ3n) is 4.48. The molecule has 0 aromatic heterocycles. The van der Waals surface area contributed by atoms with Gasteiger partial charge in [-0.2, -0.15) is 0 Å². The van der Waals surface area contributed by atoms with E-state index in [1.165, 1.54) is 11.1 Å². The quantitative estimate of drug-likeness (QED) is 0.448. The van der Waals surface area contributed by atoms with E-state index in [2.05, 4.69) is 5.43 Å². The first-order chi connectivity index (χ1) is 14.5. The maximum absolute atomic E-state index is 12.7. The summed E-state index contributed by atoms with van der Waals surface area (Å²) in [7, 11) is 0. The number of halogens is 2. The van der Waals surface area contributed by atoms with Gasteiger partial charge in [-0.05, 0) is 53.6 Å². The lowest BCUT2D eigenvalue weighted by atomic mass is 10.1. The molecule has 1 saturated heterocycles. The van der Waals surface area contributed by atoms with Crippen LogP contribution < -0.4 is 15.2 Å². The number of hydrogen-bond acceptors (Lipinski definition) is 3. The summed E-state index contributed by atoms with van der Waals surface area (Å²) in [6, 6.07) is 21.3. The second-order valence-electron chi connectivity index (χ2n) is 6.58. The molecule has 30 heavy (non-hydrogen) atoms. The lowest BCUT2D eigenvalue weighted by Crippen LogP contribution is -2.35. The molecule has 1 N–H and O–H groups in total. The number of anilines is 1. The molecule has 4 rings (SSSR count). The van der Waals surface area contributed by atoms with Crippen molar-refractivity contribution in [1.29, 1.82) is 0 Å². The minimum Gasteiger partial charge on any atom is -0.487 e. The van der Waals surface area contributed by atoms with E-state index in [4.69, 9.17) is 27.9 Å². The van der Waals surface area contributed by atoms with Gasteiger partial charge in [-0.15, -0.1) is 0 Å². The number of benzene rings is 3. The maximum Gasteiger partial charge on any atom is 0.282 e. The predicted molar refractivity (Wildman–Crippen MR) is 117 cm³/mol. The molecular weight excluding hydrogens is 423 g/mol. The lowest BCUT2D eigenvalue weighted by molar-refractivity contribution is -0.117. The van der Waals surface area contributed by atoms with E-state index < -0.39 is 11.8 Å². The van der Waals surface area contributed by atoms with Crippen molar-refractivity contribution in [2.45, 2.75) is 6.61 Å². The fraction of sp³-hybridized carbons (Fsp3) is 0.0435. The van der Waals surface area contributed by atoms with Gasteiger partial charge < -0.3 is 4.74 Å². The van der Waals surface area contributed by atoms with Crippen LogP contribution in [0.2, 0.25) is 10.0 Å². The van der Waals surface area contributed by atoms with Crippen molar-refractivity contribution in [3.63, 3.8) is 0 Å². The van der Waals surface area contributed by atoms with Crippen molar-refractivity contribution in [3.05, 3.63) is 99.5 Å². The van der Waals surface area contributed by atoms with Crippen LogP contribution in [0.5, 0.6) is 5.75 Å². The summed E-state index contributed by atoms with van der Waals surface area (Å²) in [5, 5.41) is 2.26. The number of rotatable bonds is 5. The van der Waals surface area contributed by atoms with Crippen LogP contribution in [0.3, 0.4) is 0 Å². The van der Waals surface area contributed by atoms with Gasteiger partial charge in [0, 0.05) is 5.02 Å². The number of ether oxygens (including phenoxy) is 1. The Kier molecular flexibility index (Phi) is 5.74. The van der Waals surface area contributed by atoms with E-state index in [9.17, 15) is 9.59 Å². The number of carbonyl (C=O) groups excluding carboxylic acids is 2. The summed E-state index contributed by atoms with van der Waals surface area (Å²) < 4.78 is 5.75. The molecule has 3 aromatic rings. The molecule has 0 unspecified atom stereocenters. The van der Waals surface area contributed by atoms with Gasteiger partial charge in [0.25, 0.3) is 11.8 Å². The number of nitrogens with one attached hydrogen (secondary N) is 1. The molecule has 7 heteroatoms. The summed E-state index contributed by atoms with van der Waals surface area (Å²) in [6.07, 6.45) is 1.51. The van der Waals surface area contributed by atoms with Crippen molar-refractivity contribution in [2.75, 3.05) is 5.01 Å². The maximum atomic E-state index is 12.7. The molecule has 0 bridgehead atoms. The van der Waals surface area contributed by atoms with Crippen molar-refractivity contribution >= 4 is 46.8 Å². The Morgan fingerprint density at radius 3 is 2.37 bits per heavy atom. The Morgan fingerprint density at radius 1 is 0.933 bits per heavy atom. The van der Waals surface area contributed by atoms with Gasteiger partial charge in [-0.3, -0.25) is 15.0 Å². The Bertz CT molecular complexity index is 1130. The minimum atomic E-state index is -0.469. The van der Waals surface area contributed by atoms with E-state index in [1.54, 1.807) is 54.6 Å². The predicted octanol–water partition coefficient (Wildman–Crippen LogP) is 5.03. The molecule has 0 aliphatic carbocycles. The number of hydrogen-bond donors (Lipinski definition) is 1. The Morgan fingerprint density at radius 2 is 1.67 bits per heavy atom. The van der Waals surface area contributed by atoms with Crippen molar-refractivity contribution < 1.29 is 14.3 Å². The summed E-state index contributed by atoms with van der Waals surface area (Å²) in [6.45, 7) is 0.338. The van der Waals surface area contributed by atoms with Crippen LogP contribution in [0.15, 0.2) is 78.4 Å². The largest absolute Gasteiger partial charge is 0.487 e. The molecule has 1 aliphatic rings. The highest BCUT2D eigenvalue weighted by Gasteiger charge is 2.34. The zero-order valence-electron chi connectivity index (χ0n) is 15.6. The van der Waals surface area contributed by atoms with Gasteiger partial charge in [0.2, 0.25) is 0 Å². The third kappa shape index (κ3) is 4.32. The van der Waals surface area contributed by atoms with Gasteiger partial charge >= 0.3 is 0 Å². The highest BCUT2D eigenvalue weighted by atomic mass is 35.5. The molecule has 0 radical (unpaired) electrons. The molecule has 1 aliphatic heterocycles. The molecule has 1 heterocycles. The van der Waals surface area contributed by atoms with Crippen LogP contribution in [-0.2, 0) is 16.2 Å². The molecule has 0 saturated carbocycles. The normalized spacial score (nSPS) is 14.9. The highest BCUT2D eigenvalue weighted by molar-refractivity contribution is 6.33. The van der Waals surface area contributed by atoms with Crippen LogP contribution in [0.4, 0.5) is 5.69 Å². The number of amides is 2. The molecule has 3 aromatic carbocycles. The topological polar surface area (TPSA) is 58.6 Å². The molecule has 5 nitrogen and oxygen atoms in total. The Hall–Kier alpha value is -3.28. The minimum absolute atomic E-state index is 0.0322. The van der Waals surface area contributed by atoms with Crippen molar-refractivity contribution in [2.24, 2.45) is 0 Å². The summed E-state index contributed by atoms with van der Waals surface area (Å²) in [5.41, 5.74) is 4.76. The second kappa shape index (κ2) is 8.61. The first kappa shape index (κ1) is 20.0. The zero-order chi connectivity index (χ0) is 21.1. The summed E-state index contributed by atoms with van der Waals surface area (Å²) >= 11 is 12.2.